The Kier molecular flexibility index (Phi) is 6.93. The van der Waals surface area contributed by atoms with Crippen molar-refractivity contribution in [3.8, 4) is 0 Å². The van der Waals surface area contributed by atoms with Crippen LogP contribution in [0.3, 0.4) is 0 Å². The number of rotatable bonds is 1. The van der Waals surface area contributed by atoms with Crippen LogP contribution in [0.15, 0.2) is 0 Å². The van der Waals surface area contributed by atoms with Crippen LogP contribution in [0.2, 0.25) is 0 Å². The second-order valence-electron chi connectivity index (χ2n) is 2.61. The number of hydrogen-bond acceptors (Lipinski definition) is 0. The molecule has 1 heteroatoms. The molecule has 0 aromatic heterocycles. The van der Waals surface area contributed by atoms with Crippen molar-refractivity contribution in [2.45, 2.75) is 20.8 Å². The fourth-order valence-corrected chi connectivity index (χ4v) is 0. The lowest BCUT2D eigenvalue weighted by molar-refractivity contribution is -0.868. The van der Waals surface area contributed by atoms with Gasteiger partial charge in [-0.2, -0.15) is 0 Å². The number of nitrogens with zero attached hydrogens (tertiary/aromatic N) is 1. The molecule has 0 bridgehead atoms. The second-order valence-corrected chi connectivity index (χ2v) is 2.61. The van der Waals surface area contributed by atoms with Crippen molar-refractivity contribution in [1.29, 1.82) is 0 Å². The highest BCUT2D eigenvalue weighted by Crippen LogP contribution is 1.83. The fourth-order valence-electron chi connectivity index (χ4n) is 0. The van der Waals surface area contributed by atoms with E-state index in [0.29, 0.717) is 0 Å². The minimum Gasteiger partial charge on any atom is -0.331 e. The van der Waals surface area contributed by atoms with Gasteiger partial charge in [-0.05, 0) is 6.92 Å². The third-order valence-corrected chi connectivity index (χ3v) is 0.949. The lowest BCUT2D eigenvalue weighted by Gasteiger charge is -2.20. The Morgan fingerprint density at radius 1 is 1.00 bits per heavy atom. The molecular weight excluding hydrogens is 98.1 g/mol. The SMILES string of the molecule is CC.CC[N+](C)(C)C. The molecular formula is C7H20N+. The topological polar surface area (TPSA) is 0 Å². The average Bonchev–Trinajstić information content (AvgIpc) is 1.71. The molecule has 0 saturated heterocycles. The molecule has 0 heterocycles. The Hall–Kier alpha value is -0.0400. The molecule has 0 aromatic rings. The van der Waals surface area contributed by atoms with E-state index in [1.165, 1.54) is 6.54 Å². The second kappa shape index (κ2) is 5.10. The Morgan fingerprint density at radius 3 is 1.12 bits per heavy atom. The van der Waals surface area contributed by atoms with Crippen molar-refractivity contribution in [1.82, 2.24) is 0 Å². The largest absolute Gasteiger partial charge is 0.331 e. The van der Waals surface area contributed by atoms with Crippen molar-refractivity contribution in [2.24, 2.45) is 0 Å². The summed E-state index contributed by atoms with van der Waals surface area (Å²) in [6.45, 7) is 7.39. The van der Waals surface area contributed by atoms with Gasteiger partial charge in [0.2, 0.25) is 0 Å². The quantitative estimate of drug-likeness (QED) is 0.460. The third-order valence-electron chi connectivity index (χ3n) is 0.949. The van der Waals surface area contributed by atoms with E-state index in [2.05, 4.69) is 28.1 Å². The molecule has 0 aliphatic carbocycles. The van der Waals surface area contributed by atoms with Gasteiger partial charge < -0.3 is 4.48 Å². The predicted molar refractivity (Wildman–Crippen MR) is 39.9 cm³/mol. The van der Waals surface area contributed by atoms with E-state index < -0.39 is 0 Å². The first-order chi connectivity index (χ1) is 3.56. The zero-order chi connectivity index (χ0) is 7.21. The third kappa shape index (κ3) is 16.7. The summed E-state index contributed by atoms with van der Waals surface area (Å²) in [4.78, 5) is 0. The summed E-state index contributed by atoms with van der Waals surface area (Å²) in [6.07, 6.45) is 0. The molecule has 0 atom stereocenters. The van der Waals surface area contributed by atoms with Gasteiger partial charge in [0, 0.05) is 0 Å². The van der Waals surface area contributed by atoms with Gasteiger partial charge in [-0.3, -0.25) is 0 Å². The Balaban J connectivity index is 0. The lowest BCUT2D eigenvalue weighted by atomic mass is 10.6. The molecule has 0 fully saturated rings. The zero-order valence-electron chi connectivity index (χ0n) is 7.15. The monoisotopic (exact) mass is 118 g/mol. The first-order valence-electron chi connectivity index (χ1n) is 3.36. The zero-order valence-corrected chi connectivity index (χ0v) is 7.15. The molecule has 1 nitrogen and oxygen atoms in total. The van der Waals surface area contributed by atoms with Gasteiger partial charge in [0.05, 0.1) is 27.7 Å². The molecule has 0 aliphatic heterocycles. The van der Waals surface area contributed by atoms with Crippen molar-refractivity contribution < 1.29 is 4.48 Å². The van der Waals surface area contributed by atoms with Crippen molar-refractivity contribution in [3.05, 3.63) is 0 Å². The smallest absolute Gasteiger partial charge is 0.0751 e. The molecule has 0 aromatic carbocycles. The van der Waals surface area contributed by atoms with E-state index in [0.717, 1.165) is 4.48 Å². The van der Waals surface area contributed by atoms with Gasteiger partial charge in [-0.15, -0.1) is 0 Å². The van der Waals surface area contributed by atoms with E-state index in [9.17, 15) is 0 Å². The van der Waals surface area contributed by atoms with Crippen LogP contribution in [-0.2, 0) is 0 Å². The molecule has 0 unspecified atom stereocenters. The molecule has 52 valence electrons. The molecule has 0 amide bonds. The first kappa shape index (κ1) is 10.9. The summed E-state index contributed by atoms with van der Waals surface area (Å²) < 4.78 is 1.07. The maximum atomic E-state index is 2.18. The average molecular weight is 118 g/mol. The first-order valence-corrected chi connectivity index (χ1v) is 3.36. The highest BCUT2D eigenvalue weighted by Gasteiger charge is 1.97. The van der Waals surface area contributed by atoms with Crippen molar-refractivity contribution in [3.63, 3.8) is 0 Å². The van der Waals surface area contributed by atoms with Crippen LogP contribution in [0.4, 0.5) is 0 Å². The summed E-state index contributed by atoms with van der Waals surface area (Å²) in [6, 6.07) is 0. The van der Waals surface area contributed by atoms with Crippen molar-refractivity contribution >= 4 is 0 Å². The minimum atomic E-state index is 1.07. The normalized spacial score (nSPS) is 9.75. The summed E-state index contributed by atoms with van der Waals surface area (Å²) in [5, 5.41) is 0. The van der Waals surface area contributed by atoms with Crippen LogP contribution in [0, 0.1) is 0 Å². The standard InChI is InChI=1S/C5H14N.C2H6/c1-5-6(2,3)4;1-2/h5H2,1-4H3;1-2H3/q+1;. The van der Waals surface area contributed by atoms with Gasteiger partial charge in [0.25, 0.3) is 0 Å². The van der Waals surface area contributed by atoms with E-state index in [1.807, 2.05) is 13.8 Å². The highest BCUT2D eigenvalue weighted by molar-refractivity contribution is 4.06. The van der Waals surface area contributed by atoms with Gasteiger partial charge in [-0.25, -0.2) is 0 Å². The van der Waals surface area contributed by atoms with Crippen LogP contribution < -0.4 is 0 Å². The maximum Gasteiger partial charge on any atom is 0.0751 e. The molecule has 0 aliphatic rings. The molecule has 0 rings (SSSR count). The van der Waals surface area contributed by atoms with Crippen LogP contribution in [-0.4, -0.2) is 32.2 Å². The van der Waals surface area contributed by atoms with Crippen LogP contribution in [0.25, 0.3) is 0 Å². The Bertz CT molecular complexity index is 34.1. The highest BCUT2D eigenvalue weighted by atomic mass is 15.3. The molecule has 0 saturated carbocycles. The van der Waals surface area contributed by atoms with Crippen molar-refractivity contribution in [2.75, 3.05) is 27.7 Å². The van der Waals surface area contributed by atoms with E-state index >= 15 is 0 Å². The predicted octanol–water partition coefficient (Wildman–Crippen LogP) is 1.74. The summed E-state index contributed by atoms with van der Waals surface area (Å²) >= 11 is 0. The van der Waals surface area contributed by atoms with Gasteiger partial charge in [-0.1, -0.05) is 13.8 Å². The Morgan fingerprint density at radius 2 is 1.12 bits per heavy atom. The van der Waals surface area contributed by atoms with Crippen LogP contribution in [0.1, 0.15) is 20.8 Å². The number of hydrogen-bond donors (Lipinski definition) is 0. The number of quaternary nitrogens is 1. The summed E-state index contributed by atoms with van der Waals surface area (Å²) in [5.41, 5.74) is 0. The van der Waals surface area contributed by atoms with Gasteiger partial charge in [0.15, 0.2) is 0 Å². The molecule has 0 radical (unpaired) electrons. The van der Waals surface area contributed by atoms with E-state index in [4.69, 9.17) is 0 Å². The summed E-state index contributed by atoms with van der Waals surface area (Å²) in [7, 11) is 6.54. The molecule has 0 N–H and O–H groups in total. The van der Waals surface area contributed by atoms with Crippen LogP contribution >= 0.6 is 0 Å². The van der Waals surface area contributed by atoms with Gasteiger partial charge in [0.1, 0.15) is 0 Å². The molecule has 8 heavy (non-hydrogen) atoms. The lowest BCUT2D eigenvalue weighted by Crippen LogP contribution is -2.33. The van der Waals surface area contributed by atoms with Crippen LogP contribution in [0.5, 0.6) is 0 Å². The molecule has 0 spiro atoms. The Labute approximate surface area is 53.9 Å². The maximum absolute atomic E-state index is 2.18. The van der Waals surface area contributed by atoms with Gasteiger partial charge >= 0.3 is 0 Å². The minimum absolute atomic E-state index is 1.07. The van der Waals surface area contributed by atoms with E-state index in [1.54, 1.807) is 0 Å². The van der Waals surface area contributed by atoms with E-state index in [-0.39, 0.29) is 0 Å². The summed E-state index contributed by atoms with van der Waals surface area (Å²) in [5.74, 6) is 0. The fraction of sp³-hybridized carbons (Fsp3) is 1.00.